The number of hydrogen-bond acceptors (Lipinski definition) is 4. The van der Waals surface area contributed by atoms with E-state index in [1.165, 1.54) is 11.3 Å². The van der Waals surface area contributed by atoms with Crippen LogP contribution in [0, 0.1) is 5.92 Å². The van der Waals surface area contributed by atoms with Gasteiger partial charge in [-0.25, -0.2) is 4.98 Å². The number of carbonyl (C=O) groups excluding carboxylic acids is 2. The second kappa shape index (κ2) is 9.80. The SMILES string of the molecule is CC(C)CN(CC(=O)Nc1nc(-c2ccccc2)cs1)C(=O)c1ccc(Br)cc1. The number of aromatic nitrogens is 1. The molecule has 150 valence electrons. The van der Waals surface area contributed by atoms with Crippen molar-refractivity contribution in [1.82, 2.24) is 9.88 Å². The highest BCUT2D eigenvalue weighted by molar-refractivity contribution is 9.10. The lowest BCUT2D eigenvalue weighted by Crippen LogP contribution is -2.40. The van der Waals surface area contributed by atoms with E-state index in [1.807, 2.05) is 61.7 Å². The first kappa shape index (κ1) is 21.2. The lowest BCUT2D eigenvalue weighted by atomic mass is 10.1. The minimum atomic E-state index is -0.259. The first-order chi connectivity index (χ1) is 13.9. The number of rotatable bonds is 7. The van der Waals surface area contributed by atoms with Gasteiger partial charge in [0.2, 0.25) is 5.91 Å². The fourth-order valence-electron chi connectivity index (χ4n) is 2.84. The van der Waals surface area contributed by atoms with Gasteiger partial charge < -0.3 is 10.2 Å². The Bertz CT molecular complexity index is 971. The molecule has 0 atom stereocenters. The van der Waals surface area contributed by atoms with E-state index in [2.05, 4.69) is 26.2 Å². The van der Waals surface area contributed by atoms with E-state index in [9.17, 15) is 9.59 Å². The van der Waals surface area contributed by atoms with Crippen molar-refractivity contribution in [3.63, 3.8) is 0 Å². The van der Waals surface area contributed by atoms with Crippen molar-refractivity contribution < 1.29 is 9.59 Å². The summed E-state index contributed by atoms with van der Waals surface area (Å²) in [5.74, 6) is -0.178. The smallest absolute Gasteiger partial charge is 0.254 e. The summed E-state index contributed by atoms with van der Waals surface area (Å²) in [5.41, 5.74) is 2.37. The molecule has 1 N–H and O–H groups in total. The summed E-state index contributed by atoms with van der Waals surface area (Å²) in [6.45, 7) is 4.52. The Labute approximate surface area is 182 Å². The van der Waals surface area contributed by atoms with Crippen molar-refractivity contribution >= 4 is 44.2 Å². The standard InChI is InChI=1S/C22H22BrN3O2S/c1-15(2)12-26(21(28)17-8-10-18(23)11-9-17)13-20(27)25-22-24-19(14-29-22)16-6-4-3-5-7-16/h3-11,14-15H,12-13H2,1-2H3,(H,24,25,27). The maximum Gasteiger partial charge on any atom is 0.254 e. The van der Waals surface area contributed by atoms with E-state index < -0.39 is 0 Å². The van der Waals surface area contributed by atoms with E-state index >= 15 is 0 Å². The van der Waals surface area contributed by atoms with Gasteiger partial charge in [-0.15, -0.1) is 11.3 Å². The number of halogens is 1. The number of nitrogens with one attached hydrogen (secondary N) is 1. The molecule has 2 aromatic carbocycles. The fraction of sp³-hybridized carbons (Fsp3) is 0.227. The average Bonchev–Trinajstić information content (AvgIpc) is 3.16. The van der Waals surface area contributed by atoms with Crippen LogP contribution in [0.2, 0.25) is 0 Å². The zero-order valence-electron chi connectivity index (χ0n) is 16.3. The van der Waals surface area contributed by atoms with Crippen molar-refractivity contribution in [3.05, 3.63) is 70.0 Å². The number of carbonyl (C=O) groups is 2. The molecular weight excluding hydrogens is 450 g/mol. The molecule has 7 heteroatoms. The molecule has 0 aliphatic rings. The van der Waals surface area contributed by atoms with E-state index in [-0.39, 0.29) is 24.3 Å². The average molecular weight is 472 g/mol. The molecule has 1 heterocycles. The van der Waals surface area contributed by atoms with Gasteiger partial charge in [-0.2, -0.15) is 0 Å². The molecule has 0 bridgehead atoms. The van der Waals surface area contributed by atoms with Crippen LogP contribution >= 0.6 is 27.3 Å². The van der Waals surface area contributed by atoms with Crippen LogP contribution in [-0.2, 0) is 4.79 Å². The summed E-state index contributed by atoms with van der Waals surface area (Å²) in [6, 6.07) is 16.9. The van der Waals surface area contributed by atoms with Gasteiger partial charge in [0.1, 0.15) is 6.54 Å². The molecule has 0 saturated heterocycles. The molecule has 0 aliphatic heterocycles. The maximum atomic E-state index is 12.9. The Balaban J connectivity index is 1.68. The third kappa shape index (κ3) is 5.98. The summed E-state index contributed by atoms with van der Waals surface area (Å²) in [4.78, 5) is 31.5. The summed E-state index contributed by atoms with van der Waals surface area (Å²) in [7, 11) is 0. The minimum Gasteiger partial charge on any atom is -0.329 e. The van der Waals surface area contributed by atoms with Gasteiger partial charge in [-0.1, -0.05) is 60.1 Å². The molecule has 3 aromatic rings. The fourth-order valence-corrected chi connectivity index (χ4v) is 3.84. The second-order valence-electron chi connectivity index (χ2n) is 7.04. The Morgan fingerprint density at radius 2 is 1.79 bits per heavy atom. The van der Waals surface area contributed by atoms with Crippen molar-refractivity contribution in [1.29, 1.82) is 0 Å². The number of amides is 2. The topological polar surface area (TPSA) is 62.3 Å². The molecular formula is C22H22BrN3O2S. The summed E-state index contributed by atoms with van der Waals surface area (Å²) in [6.07, 6.45) is 0. The molecule has 5 nitrogen and oxygen atoms in total. The van der Waals surface area contributed by atoms with Crippen LogP contribution in [0.15, 0.2) is 64.5 Å². The maximum absolute atomic E-state index is 12.9. The highest BCUT2D eigenvalue weighted by atomic mass is 79.9. The molecule has 0 spiro atoms. The van der Waals surface area contributed by atoms with Crippen LogP contribution in [0.4, 0.5) is 5.13 Å². The molecule has 29 heavy (non-hydrogen) atoms. The van der Waals surface area contributed by atoms with E-state index in [1.54, 1.807) is 17.0 Å². The van der Waals surface area contributed by atoms with Crippen LogP contribution in [0.3, 0.4) is 0 Å². The van der Waals surface area contributed by atoms with Gasteiger partial charge >= 0.3 is 0 Å². The molecule has 0 saturated carbocycles. The highest BCUT2D eigenvalue weighted by Gasteiger charge is 2.20. The summed E-state index contributed by atoms with van der Waals surface area (Å²) in [5, 5.41) is 5.25. The van der Waals surface area contributed by atoms with Crippen LogP contribution in [0.5, 0.6) is 0 Å². The Morgan fingerprint density at radius 1 is 1.10 bits per heavy atom. The zero-order valence-corrected chi connectivity index (χ0v) is 18.7. The lowest BCUT2D eigenvalue weighted by Gasteiger charge is -2.24. The van der Waals surface area contributed by atoms with Gasteiger partial charge in [0, 0.05) is 27.5 Å². The summed E-state index contributed by atoms with van der Waals surface area (Å²) >= 11 is 4.74. The number of benzene rings is 2. The molecule has 1 aromatic heterocycles. The molecule has 0 unspecified atom stereocenters. The van der Waals surface area contributed by atoms with Gasteiger partial charge in [0.25, 0.3) is 5.91 Å². The van der Waals surface area contributed by atoms with Crippen LogP contribution in [0.1, 0.15) is 24.2 Å². The molecule has 0 fully saturated rings. The van der Waals surface area contributed by atoms with Gasteiger partial charge in [-0.3, -0.25) is 9.59 Å². The van der Waals surface area contributed by atoms with E-state index in [4.69, 9.17) is 0 Å². The van der Waals surface area contributed by atoms with E-state index in [0.717, 1.165) is 15.7 Å². The van der Waals surface area contributed by atoms with Crippen LogP contribution in [0.25, 0.3) is 11.3 Å². The first-order valence-corrected chi connectivity index (χ1v) is 11.0. The number of anilines is 1. The predicted octanol–water partition coefficient (Wildman–Crippen LogP) is 5.31. The largest absolute Gasteiger partial charge is 0.329 e. The van der Waals surface area contributed by atoms with Gasteiger partial charge in [-0.05, 0) is 30.2 Å². The third-order valence-corrected chi connectivity index (χ3v) is 5.40. The highest BCUT2D eigenvalue weighted by Crippen LogP contribution is 2.24. The normalized spacial score (nSPS) is 10.8. The Kier molecular flexibility index (Phi) is 7.17. The molecule has 0 radical (unpaired) electrons. The minimum absolute atomic E-state index is 0.0205. The molecule has 0 aliphatic carbocycles. The van der Waals surface area contributed by atoms with Crippen molar-refractivity contribution in [2.45, 2.75) is 13.8 Å². The zero-order chi connectivity index (χ0) is 20.8. The van der Waals surface area contributed by atoms with Crippen molar-refractivity contribution in [2.75, 3.05) is 18.4 Å². The van der Waals surface area contributed by atoms with Crippen molar-refractivity contribution in [3.8, 4) is 11.3 Å². The number of thiazole rings is 1. The summed E-state index contributed by atoms with van der Waals surface area (Å²) < 4.78 is 0.903. The van der Waals surface area contributed by atoms with Crippen LogP contribution < -0.4 is 5.32 Å². The van der Waals surface area contributed by atoms with Gasteiger partial charge in [0.15, 0.2) is 5.13 Å². The monoisotopic (exact) mass is 471 g/mol. The quantitative estimate of drug-likeness (QED) is 0.507. The third-order valence-electron chi connectivity index (χ3n) is 4.12. The van der Waals surface area contributed by atoms with Gasteiger partial charge in [0.05, 0.1) is 5.69 Å². The lowest BCUT2D eigenvalue weighted by molar-refractivity contribution is -0.117. The van der Waals surface area contributed by atoms with Crippen LogP contribution in [-0.4, -0.2) is 34.8 Å². The predicted molar refractivity (Wildman–Crippen MR) is 121 cm³/mol. The van der Waals surface area contributed by atoms with E-state index in [0.29, 0.717) is 17.2 Å². The molecule has 2 amide bonds. The Hall–Kier alpha value is -2.51. The first-order valence-electron chi connectivity index (χ1n) is 9.28. The second-order valence-corrected chi connectivity index (χ2v) is 8.81. The van der Waals surface area contributed by atoms with Crippen molar-refractivity contribution in [2.24, 2.45) is 5.92 Å². The Morgan fingerprint density at radius 3 is 2.45 bits per heavy atom. The molecule has 3 rings (SSSR count). The number of hydrogen-bond donors (Lipinski definition) is 1. The number of nitrogens with zero attached hydrogens (tertiary/aromatic N) is 2.